The molecule has 1 aliphatic rings. The van der Waals surface area contributed by atoms with Gasteiger partial charge in [-0.15, -0.1) is 0 Å². The van der Waals surface area contributed by atoms with Crippen molar-refractivity contribution < 1.29 is 4.74 Å². The lowest BCUT2D eigenvalue weighted by Crippen LogP contribution is -2.24. The normalized spacial score (nSPS) is 17.3. The number of rotatable bonds is 2. The summed E-state index contributed by atoms with van der Waals surface area (Å²) >= 11 is 0. The van der Waals surface area contributed by atoms with Gasteiger partial charge in [0.1, 0.15) is 11.9 Å². The Hall–Kier alpha value is -1.80. The summed E-state index contributed by atoms with van der Waals surface area (Å²) in [6, 6.07) is 14.8. The van der Waals surface area contributed by atoms with E-state index in [1.165, 1.54) is 22.3 Å². The molecule has 2 heteroatoms. The van der Waals surface area contributed by atoms with Crippen LogP contribution in [0.2, 0.25) is 0 Å². The van der Waals surface area contributed by atoms with Crippen LogP contribution in [0.15, 0.2) is 42.5 Å². The van der Waals surface area contributed by atoms with Gasteiger partial charge in [-0.3, -0.25) is 0 Å². The Morgan fingerprint density at radius 1 is 1.22 bits per heavy atom. The molecule has 1 unspecified atom stereocenters. The minimum Gasteiger partial charge on any atom is -0.488 e. The van der Waals surface area contributed by atoms with Crippen LogP contribution in [-0.2, 0) is 6.42 Å². The lowest BCUT2D eigenvalue weighted by atomic mass is 9.98. The molecule has 2 aromatic carbocycles. The van der Waals surface area contributed by atoms with E-state index < -0.39 is 0 Å². The molecule has 1 atom stereocenters. The largest absolute Gasteiger partial charge is 0.488 e. The highest BCUT2D eigenvalue weighted by Crippen LogP contribution is 2.39. The number of aryl methyl sites for hydroxylation is 1. The van der Waals surface area contributed by atoms with Crippen LogP contribution < -0.4 is 10.5 Å². The molecule has 92 valence electrons. The zero-order valence-corrected chi connectivity index (χ0v) is 10.5. The van der Waals surface area contributed by atoms with E-state index in [4.69, 9.17) is 10.5 Å². The molecule has 1 heterocycles. The fraction of sp³-hybridized carbons (Fsp3) is 0.250. The summed E-state index contributed by atoms with van der Waals surface area (Å²) in [5.74, 6) is 1.02. The number of benzene rings is 2. The Morgan fingerprint density at radius 3 is 2.72 bits per heavy atom. The van der Waals surface area contributed by atoms with Crippen LogP contribution in [0.5, 0.6) is 5.75 Å². The van der Waals surface area contributed by atoms with Crippen molar-refractivity contribution >= 4 is 0 Å². The van der Waals surface area contributed by atoms with Crippen molar-refractivity contribution in [3.63, 3.8) is 0 Å². The Morgan fingerprint density at radius 2 is 2.00 bits per heavy atom. The molecular formula is C16H17NO. The fourth-order valence-electron chi connectivity index (χ4n) is 2.56. The molecule has 0 aliphatic carbocycles. The van der Waals surface area contributed by atoms with E-state index in [1.807, 2.05) is 6.07 Å². The third-order valence-corrected chi connectivity index (χ3v) is 3.39. The monoisotopic (exact) mass is 239 g/mol. The first kappa shape index (κ1) is 11.3. The first-order valence-corrected chi connectivity index (χ1v) is 6.33. The van der Waals surface area contributed by atoms with Gasteiger partial charge in [0.05, 0.1) is 0 Å². The molecule has 0 amide bonds. The minimum absolute atomic E-state index is 0.129. The van der Waals surface area contributed by atoms with Crippen molar-refractivity contribution in [3.05, 3.63) is 53.6 Å². The summed E-state index contributed by atoms with van der Waals surface area (Å²) in [6.07, 6.45) is 1.05. The summed E-state index contributed by atoms with van der Waals surface area (Å²) < 4.78 is 5.97. The molecule has 1 aliphatic heterocycles. The molecule has 0 saturated heterocycles. The maximum atomic E-state index is 5.97. The molecule has 0 fully saturated rings. The molecule has 0 spiro atoms. The summed E-state index contributed by atoms with van der Waals surface area (Å²) in [5, 5.41) is 0. The van der Waals surface area contributed by atoms with E-state index in [2.05, 4.69) is 43.3 Å². The van der Waals surface area contributed by atoms with Gasteiger partial charge in [-0.1, -0.05) is 36.4 Å². The number of hydrogen-bond acceptors (Lipinski definition) is 2. The molecule has 0 aromatic heterocycles. The predicted octanol–water partition coefficient (Wildman–Crippen LogP) is 2.92. The highest BCUT2D eigenvalue weighted by molar-refractivity contribution is 5.74. The van der Waals surface area contributed by atoms with Gasteiger partial charge < -0.3 is 10.5 Å². The second-order valence-electron chi connectivity index (χ2n) is 4.85. The number of hydrogen-bond donors (Lipinski definition) is 1. The minimum atomic E-state index is 0.129. The second-order valence-corrected chi connectivity index (χ2v) is 4.85. The van der Waals surface area contributed by atoms with Gasteiger partial charge in [0.25, 0.3) is 0 Å². The second kappa shape index (κ2) is 4.46. The zero-order valence-electron chi connectivity index (χ0n) is 10.5. The Bertz CT molecular complexity index is 563. The smallest absolute Gasteiger partial charge is 0.130 e. The molecule has 0 saturated carbocycles. The first-order chi connectivity index (χ1) is 8.78. The highest BCUT2D eigenvalue weighted by atomic mass is 16.5. The molecule has 0 bridgehead atoms. The van der Waals surface area contributed by atoms with Crippen LogP contribution in [0.25, 0.3) is 11.1 Å². The van der Waals surface area contributed by atoms with E-state index in [0.29, 0.717) is 6.54 Å². The molecular weight excluding hydrogens is 222 g/mol. The molecule has 2 aromatic rings. The van der Waals surface area contributed by atoms with Crippen molar-refractivity contribution in [2.24, 2.45) is 5.73 Å². The van der Waals surface area contributed by atoms with Gasteiger partial charge >= 0.3 is 0 Å². The van der Waals surface area contributed by atoms with Crippen molar-refractivity contribution in [1.82, 2.24) is 0 Å². The van der Waals surface area contributed by atoms with Gasteiger partial charge in [0.2, 0.25) is 0 Å². The highest BCUT2D eigenvalue weighted by Gasteiger charge is 2.25. The van der Waals surface area contributed by atoms with Gasteiger partial charge in [0, 0.05) is 18.5 Å². The van der Waals surface area contributed by atoms with E-state index in [1.54, 1.807) is 0 Å². The maximum absolute atomic E-state index is 5.97. The predicted molar refractivity (Wildman–Crippen MR) is 73.8 cm³/mol. The van der Waals surface area contributed by atoms with Crippen LogP contribution >= 0.6 is 0 Å². The Labute approximate surface area is 107 Å². The van der Waals surface area contributed by atoms with E-state index in [0.717, 1.165) is 12.2 Å². The zero-order chi connectivity index (χ0) is 12.5. The van der Waals surface area contributed by atoms with E-state index in [9.17, 15) is 0 Å². The Kier molecular flexibility index (Phi) is 2.80. The summed E-state index contributed by atoms with van der Waals surface area (Å²) in [7, 11) is 0. The lowest BCUT2D eigenvalue weighted by Gasteiger charge is -2.11. The van der Waals surface area contributed by atoms with Crippen LogP contribution in [0.4, 0.5) is 0 Å². The first-order valence-electron chi connectivity index (χ1n) is 6.33. The molecule has 2 nitrogen and oxygen atoms in total. The summed E-state index contributed by atoms with van der Waals surface area (Å²) in [4.78, 5) is 0. The number of ether oxygens (including phenoxy) is 1. The molecule has 2 N–H and O–H groups in total. The summed E-state index contributed by atoms with van der Waals surface area (Å²) in [5.41, 5.74) is 10.7. The molecule has 3 rings (SSSR count). The van der Waals surface area contributed by atoms with Crippen LogP contribution in [-0.4, -0.2) is 12.6 Å². The quantitative estimate of drug-likeness (QED) is 0.874. The average Bonchev–Trinajstić information content (AvgIpc) is 2.81. The van der Waals surface area contributed by atoms with Crippen molar-refractivity contribution in [3.8, 4) is 16.9 Å². The standard InChI is InChI=1S/C16H17NO/c1-11-7-13-9-14(10-17)18-16(13)15(8-11)12-5-3-2-4-6-12/h2-8,14H,9-10,17H2,1H3. The Balaban J connectivity index is 2.12. The summed E-state index contributed by atoms with van der Waals surface area (Å²) in [6.45, 7) is 2.70. The third-order valence-electron chi connectivity index (χ3n) is 3.39. The van der Waals surface area contributed by atoms with Crippen LogP contribution in [0, 0.1) is 6.92 Å². The van der Waals surface area contributed by atoms with Gasteiger partial charge in [0.15, 0.2) is 0 Å². The van der Waals surface area contributed by atoms with Gasteiger partial charge in [-0.2, -0.15) is 0 Å². The topological polar surface area (TPSA) is 35.2 Å². The maximum Gasteiger partial charge on any atom is 0.130 e. The number of nitrogens with two attached hydrogens (primary N) is 1. The van der Waals surface area contributed by atoms with E-state index in [-0.39, 0.29) is 6.10 Å². The van der Waals surface area contributed by atoms with Crippen molar-refractivity contribution in [2.75, 3.05) is 6.54 Å². The fourth-order valence-corrected chi connectivity index (χ4v) is 2.56. The SMILES string of the molecule is Cc1cc2c(c(-c3ccccc3)c1)OC(CN)C2. The third kappa shape index (κ3) is 1.89. The van der Waals surface area contributed by atoms with Crippen molar-refractivity contribution in [1.29, 1.82) is 0 Å². The molecule has 18 heavy (non-hydrogen) atoms. The molecule has 0 radical (unpaired) electrons. The van der Waals surface area contributed by atoms with Crippen LogP contribution in [0.3, 0.4) is 0 Å². The van der Waals surface area contributed by atoms with Gasteiger partial charge in [-0.05, 0) is 29.7 Å². The van der Waals surface area contributed by atoms with Crippen LogP contribution in [0.1, 0.15) is 11.1 Å². The van der Waals surface area contributed by atoms with E-state index >= 15 is 0 Å². The van der Waals surface area contributed by atoms with Gasteiger partial charge in [-0.25, -0.2) is 0 Å². The number of fused-ring (bicyclic) bond motifs is 1. The van der Waals surface area contributed by atoms with Crippen molar-refractivity contribution in [2.45, 2.75) is 19.4 Å². The lowest BCUT2D eigenvalue weighted by molar-refractivity contribution is 0.242. The average molecular weight is 239 g/mol.